The Morgan fingerprint density at radius 3 is 1.27 bits per heavy atom. The van der Waals surface area contributed by atoms with Crippen LogP contribution in [-0.4, -0.2) is 0 Å². The molecule has 2 aliphatic rings. The molecule has 1 atom stereocenters. The fourth-order valence-corrected chi connectivity index (χ4v) is 17.4. The minimum Gasteiger partial charge on any atom is -0.0654 e. The van der Waals surface area contributed by atoms with Crippen molar-refractivity contribution < 1.29 is 0 Å². The highest BCUT2D eigenvalue weighted by Crippen LogP contribution is 2.63. The number of unbranched alkanes of at least 4 members (excludes halogenated alkanes) is 10. The van der Waals surface area contributed by atoms with Crippen molar-refractivity contribution >= 4 is 43.1 Å². The van der Waals surface area contributed by atoms with Gasteiger partial charge in [0.15, 0.2) is 0 Å². The van der Waals surface area contributed by atoms with Crippen molar-refractivity contribution in [1.82, 2.24) is 0 Å². The van der Waals surface area contributed by atoms with E-state index >= 15 is 0 Å². The van der Waals surface area contributed by atoms with Crippen molar-refractivity contribution in [3.8, 4) is 55.6 Å². The van der Waals surface area contributed by atoms with Crippen molar-refractivity contribution in [3.05, 3.63) is 274 Å². The Balaban J connectivity index is 1.04. The number of rotatable bonds is 20. The van der Waals surface area contributed by atoms with Crippen LogP contribution in [0.5, 0.6) is 0 Å². The quantitative estimate of drug-likeness (QED) is 0.0527. The molecule has 0 amide bonds. The monoisotopic (exact) mass is 1250 g/mol. The number of fused-ring (bicyclic) bond motifs is 10. The maximum absolute atomic E-state index is 2.79. The van der Waals surface area contributed by atoms with Crippen LogP contribution in [0.25, 0.3) is 98.7 Å². The summed E-state index contributed by atoms with van der Waals surface area (Å²) in [6, 6.07) is 87.6. The molecule has 0 spiro atoms. The van der Waals surface area contributed by atoms with Gasteiger partial charge in [-0.05, 0) is 220 Å². The number of benzene rings is 12. The summed E-state index contributed by atoms with van der Waals surface area (Å²) in [6.07, 6.45) is 18.6. The Kier molecular flexibility index (Phi) is 17.5. The maximum Gasteiger partial charge on any atom is 0.0713 e. The van der Waals surface area contributed by atoms with Gasteiger partial charge < -0.3 is 0 Å². The zero-order valence-corrected chi connectivity index (χ0v) is 59.9. The molecule has 0 heteroatoms. The van der Waals surface area contributed by atoms with Gasteiger partial charge in [0.2, 0.25) is 0 Å². The van der Waals surface area contributed by atoms with Gasteiger partial charge in [-0.25, -0.2) is 0 Å². The Morgan fingerprint density at radius 2 is 0.698 bits per heavy atom. The first-order chi connectivity index (χ1) is 46.4. The molecule has 2 aliphatic carbocycles. The van der Waals surface area contributed by atoms with Crippen molar-refractivity contribution in [2.24, 2.45) is 0 Å². The lowest BCUT2D eigenvalue weighted by atomic mass is 9.65. The van der Waals surface area contributed by atoms with Crippen LogP contribution >= 0.6 is 0 Å². The Bertz CT molecular complexity index is 4840. The van der Waals surface area contributed by atoms with E-state index in [0.29, 0.717) is 0 Å². The molecule has 14 rings (SSSR count). The minimum absolute atomic E-state index is 0.0231. The van der Waals surface area contributed by atoms with Gasteiger partial charge in [0.1, 0.15) is 0 Å². The van der Waals surface area contributed by atoms with Gasteiger partial charge >= 0.3 is 0 Å². The van der Waals surface area contributed by atoms with E-state index in [2.05, 4.69) is 301 Å². The van der Waals surface area contributed by atoms with Crippen LogP contribution in [0.3, 0.4) is 0 Å². The molecule has 486 valence electrons. The van der Waals surface area contributed by atoms with Crippen LogP contribution in [0.2, 0.25) is 0 Å². The molecule has 96 heavy (non-hydrogen) atoms. The second kappa shape index (κ2) is 25.9. The van der Waals surface area contributed by atoms with E-state index in [-0.39, 0.29) is 21.7 Å². The Hall–Kier alpha value is -8.32. The fourth-order valence-electron chi connectivity index (χ4n) is 17.4. The van der Waals surface area contributed by atoms with Crippen LogP contribution in [0, 0.1) is 0 Å². The summed E-state index contributed by atoms with van der Waals surface area (Å²) in [5.41, 5.74) is 26.7. The third kappa shape index (κ3) is 11.4. The van der Waals surface area contributed by atoms with Crippen LogP contribution in [0.15, 0.2) is 218 Å². The van der Waals surface area contributed by atoms with E-state index in [4.69, 9.17) is 0 Å². The molecule has 12 aromatic rings. The summed E-state index contributed by atoms with van der Waals surface area (Å²) >= 11 is 0. The molecule has 12 aromatic carbocycles. The summed E-state index contributed by atoms with van der Waals surface area (Å²) in [7, 11) is 0. The first kappa shape index (κ1) is 65.0. The molecule has 0 N–H and O–H groups in total. The summed E-state index contributed by atoms with van der Waals surface area (Å²) < 4.78 is 0. The van der Waals surface area contributed by atoms with E-state index in [1.54, 1.807) is 5.56 Å². The average Bonchev–Trinajstić information content (AvgIpc) is 1.50. The molecule has 0 nitrogen and oxygen atoms in total. The van der Waals surface area contributed by atoms with Crippen LogP contribution < -0.4 is 0 Å². The lowest BCUT2D eigenvalue weighted by molar-refractivity contribution is 0.398. The highest BCUT2D eigenvalue weighted by molar-refractivity contribution is 6.26. The zero-order valence-electron chi connectivity index (χ0n) is 59.9. The highest BCUT2D eigenvalue weighted by atomic mass is 14.5. The van der Waals surface area contributed by atoms with Gasteiger partial charge in [0.05, 0.1) is 5.41 Å². The lowest BCUT2D eigenvalue weighted by Gasteiger charge is -2.36. The molecule has 0 bridgehead atoms. The molecular weight excluding hydrogens is 1150 g/mol. The molecule has 1 unspecified atom stereocenters. The minimum atomic E-state index is -0.552. The van der Waals surface area contributed by atoms with E-state index in [0.717, 1.165) is 19.3 Å². The topological polar surface area (TPSA) is 0 Å². The predicted molar refractivity (Wildman–Crippen MR) is 418 cm³/mol. The standard InChI is InChI=1S/C96H102/c1-13-16-18-20-22-28-56-95(57-29-23-21-19-17-14-2)86-59-68(42-52-76(86)82-63-89-83(62-87(82)95)77-54-50-73(94(10,11)12)61-88(77)96(89,70-44-40-64(15-3)41-45-70)71-48-46-69(47-49-71)92(4,5)6)67-43-53-80-84(58-67)90(78-38-30-34-65-32-24-26-36-74(65)78)81-55-51-72(93(7,8)9)60-85(81)91(80)79-39-31-35-66-33-25-27-37-75(66)79/h24-27,30-55,58-63H,13-23,28-29,56-57H2,1-12H3. The van der Waals surface area contributed by atoms with Gasteiger partial charge in [0.25, 0.3) is 0 Å². The van der Waals surface area contributed by atoms with E-state index < -0.39 is 5.41 Å². The van der Waals surface area contributed by atoms with E-state index in [1.165, 1.54) is 226 Å². The number of aryl methyl sites for hydroxylation is 1. The third-order valence-corrected chi connectivity index (χ3v) is 22.8. The maximum atomic E-state index is 2.79. The first-order valence-electron chi connectivity index (χ1n) is 37.1. The molecule has 0 aliphatic heterocycles. The van der Waals surface area contributed by atoms with Crippen molar-refractivity contribution in [2.75, 3.05) is 0 Å². The molecule has 0 radical (unpaired) electrons. The van der Waals surface area contributed by atoms with Crippen molar-refractivity contribution in [1.29, 1.82) is 0 Å². The fraction of sp³-hybridized carbons (Fsp3) is 0.333. The largest absolute Gasteiger partial charge is 0.0713 e. The highest BCUT2D eigenvalue weighted by Gasteiger charge is 2.50. The summed E-state index contributed by atoms with van der Waals surface area (Å²) in [6.45, 7) is 28.3. The van der Waals surface area contributed by atoms with Gasteiger partial charge in [-0.2, -0.15) is 0 Å². The van der Waals surface area contributed by atoms with Gasteiger partial charge in [-0.15, -0.1) is 0 Å². The van der Waals surface area contributed by atoms with Crippen molar-refractivity contribution in [3.63, 3.8) is 0 Å². The second-order valence-electron chi connectivity index (χ2n) is 32.0. The van der Waals surface area contributed by atoms with E-state index in [9.17, 15) is 0 Å². The van der Waals surface area contributed by atoms with Crippen LogP contribution in [-0.2, 0) is 33.5 Å². The summed E-state index contributed by atoms with van der Waals surface area (Å²) in [5.74, 6) is 0. The number of hydrogen-bond acceptors (Lipinski definition) is 0. The lowest BCUT2D eigenvalue weighted by Crippen LogP contribution is -2.30. The molecular formula is C96H102. The van der Waals surface area contributed by atoms with Crippen molar-refractivity contribution in [2.45, 2.75) is 206 Å². The average molecular weight is 1260 g/mol. The zero-order chi connectivity index (χ0) is 66.7. The summed E-state index contributed by atoms with van der Waals surface area (Å²) in [4.78, 5) is 0. The molecule has 0 saturated heterocycles. The third-order valence-electron chi connectivity index (χ3n) is 22.8. The van der Waals surface area contributed by atoms with Gasteiger partial charge in [-0.3, -0.25) is 0 Å². The molecule has 0 aromatic heterocycles. The molecule has 0 heterocycles. The SMILES string of the molecule is CCCCCCCCC1(CCCCCCCC)c2cc(-c3ccc4c(-c5cccc6ccccc56)c5cc(C(C)(C)C)ccc5c(-c5cccc6ccccc56)c4c3)ccc2-c2cc3c(cc21)-c1ccc(C(C)(C)C)cc1C3(c1ccc(CC)cc1)c1ccc(C(C)(C)C)cc1. The van der Waals surface area contributed by atoms with Crippen LogP contribution in [0.4, 0.5) is 0 Å². The van der Waals surface area contributed by atoms with Crippen LogP contribution in [0.1, 0.15) is 229 Å². The van der Waals surface area contributed by atoms with Gasteiger partial charge in [0, 0.05) is 5.41 Å². The van der Waals surface area contributed by atoms with Gasteiger partial charge in [-0.1, -0.05) is 348 Å². The second-order valence-corrected chi connectivity index (χ2v) is 32.0. The first-order valence-corrected chi connectivity index (χ1v) is 37.1. The normalized spacial score (nSPS) is 15.0. The van der Waals surface area contributed by atoms with E-state index in [1.807, 2.05) is 0 Å². The number of hydrogen-bond donors (Lipinski definition) is 0. The Morgan fingerprint density at radius 1 is 0.281 bits per heavy atom. The smallest absolute Gasteiger partial charge is 0.0654 e. The molecule has 0 saturated carbocycles. The summed E-state index contributed by atoms with van der Waals surface area (Å²) in [5, 5.41) is 10.3. The Labute approximate surface area is 575 Å². The molecule has 0 fully saturated rings. The predicted octanol–water partition coefficient (Wildman–Crippen LogP) is 27.9.